The number of likely N-dealkylation sites (tertiary alicyclic amines) is 1. The van der Waals surface area contributed by atoms with E-state index < -0.39 is 5.82 Å². The number of aromatic nitrogens is 1. The molecule has 1 fully saturated rings. The Kier molecular flexibility index (Phi) is 5.15. The molecule has 2 atom stereocenters. The zero-order valence-corrected chi connectivity index (χ0v) is 13.0. The summed E-state index contributed by atoms with van der Waals surface area (Å²) in [7, 11) is 0. The van der Waals surface area contributed by atoms with Crippen LogP contribution in [0.2, 0.25) is 0 Å². The van der Waals surface area contributed by atoms with Crippen molar-refractivity contribution in [3.8, 4) is 0 Å². The minimum absolute atomic E-state index is 0.125. The molecule has 1 amide bonds. The SMILES string of the molecule is CCCNc1ncc(F)cc1C(=O)N1CCCC(C)C1C. The maximum Gasteiger partial charge on any atom is 0.257 e. The number of carbonyl (C=O) groups is 1. The van der Waals surface area contributed by atoms with Crippen molar-refractivity contribution < 1.29 is 9.18 Å². The minimum Gasteiger partial charge on any atom is -0.369 e. The summed E-state index contributed by atoms with van der Waals surface area (Å²) in [6.07, 6.45) is 4.20. The smallest absolute Gasteiger partial charge is 0.257 e. The van der Waals surface area contributed by atoms with Crippen molar-refractivity contribution in [2.24, 2.45) is 5.92 Å². The van der Waals surface area contributed by atoms with Gasteiger partial charge in [0.1, 0.15) is 11.6 Å². The van der Waals surface area contributed by atoms with E-state index in [4.69, 9.17) is 0 Å². The number of pyridine rings is 1. The van der Waals surface area contributed by atoms with E-state index in [0.717, 1.165) is 32.0 Å². The third kappa shape index (κ3) is 3.52. The Hall–Kier alpha value is -1.65. The van der Waals surface area contributed by atoms with Crippen LogP contribution in [0.1, 0.15) is 50.4 Å². The molecular weight excluding hydrogens is 269 g/mol. The molecule has 0 saturated carbocycles. The van der Waals surface area contributed by atoms with Crippen molar-refractivity contribution in [2.75, 3.05) is 18.4 Å². The third-order valence-electron chi connectivity index (χ3n) is 4.26. The predicted octanol–water partition coefficient (Wildman–Crippen LogP) is 3.30. The third-order valence-corrected chi connectivity index (χ3v) is 4.26. The van der Waals surface area contributed by atoms with Crippen LogP contribution in [0.3, 0.4) is 0 Å². The number of halogens is 1. The van der Waals surface area contributed by atoms with Gasteiger partial charge >= 0.3 is 0 Å². The Balaban J connectivity index is 2.26. The summed E-state index contributed by atoms with van der Waals surface area (Å²) in [4.78, 5) is 18.7. The van der Waals surface area contributed by atoms with Gasteiger partial charge in [0, 0.05) is 19.1 Å². The first-order chi connectivity index (χ1) is 10.0. The zero-order valence-electron chi connectivity index (χ0n) is 13.0. The monoisotopic (exact) mass is 293 g/mol. The molecule has 1 aromatic rings. The standard InChI is InChI=1S/C16H24FN3O/c1-4-7-18-15-14(9-13(17)10-19-15)16(21)20-8-5-6-11(2)12(20)3/h9-12H,4-8H2,1-3H3,(H,18,19). The first-order valence-corrected chi connectivity index (χ1v) is 7.75. The Morgan fingerprint density at radius 2 is 2.29 bits per heavy atom. The lowest BCUT2D eigenvalue weighted by Gasteiger charge is -2.38. The number of nitrogens with one attached hydrogen (secondary N) is 1. The second-order valence-electron chi connectivity index (χ2n) is 5.84. The summed E-state index contributed by atoms with van der Waals surface area (Å²) in [5, 5.41) is 3.11. The lowest BCUT2D eigenvalue weighted by Crippen LogP contribution is -2.46. The molecule has 5 heteroatoms. The maximum atomic E-state index is 13.5. The van der Waals surface area contributed by atoms with Crippen LogP contribution in [0.4, 0.5) is 10.2 Å². The highest BCUT2D eigenvalue weighted by Gasteiger charge is 2.30. The lowest BCUT2D eigenvalue weighted by atomic mass is 9.91. The second kappa shape index (κ2) is 6.87. The number of hydrogen-bond acceptors (Lipinski definition) is 3. The molecule has 2 unspecified atom stereocenters. The first-order valence-electron chi connectivity index (χ1n) is 7.75. The van der Waals surface area contributed by atoms with Crippen molar-refractivity contribution in [2.45, 2.75) is 46.1 Å². The van der Waals surface area contributed by atoms with Gasteiger partial charge in [-0.1, -0.05) is 13.8 Å². The average molecular weight is 293 g/mol. The van der Waals surface area contributed by atoms with Crippen molar-refractivity contribution >= 4 is 11.7 Å². The molecule has 0 aromatic carbocycles. The number of amides is 1. The number of rotatable bonds is 4. The Labute approximate surface area is 125 Å². The molecule has 2 heterocycles. The number of nitrogens with zero attached hydrogens (tertiary/aromatic N) is 2. The molecule has 0 spiro atoms. The van der Waals surface area contributed by atoms with Crippen molar-refractivity contribution in [3.63, 3.8) is 0 Å². The molecular formula is C16H24FN3O. The summed E-state index contributed by atoms with van der Waals surface area (Å²) < 4.78 is 13.5. The van der Waals surface area contributed by atoms with E-state index >= 15 is 0 Å². The fraction of sp³-hybridized carbons (Fsp3) is 0.625. The van der Waals surface area contributed by atoms with Gasteiger partial charge in [-0.25, -0.2) is 9.37 Å². The van der Waals surface area contributed by atoms with Crippen LogP contribution in [0, 0.1) is 11.7 Å². The van der Waals surface area contributed by atoms with Crippen LogP contribution in [0.15, 0.2) is 12.3 Å². The lowest BCUT2D eigenvalue weighted by molar-refractivity contribution is 0.0551. The zero-order chi connectivity index (χ0) is 15.4. The van der Waals surface area contributed by atoms with Gasteiger partial charge in [-0.05, 0) is 38.2 Å². The van der Waals surface area contributed by atoms with Gasteiger partial charge in [0.15, 0.2) is 0 Å². The van der Waals surface area contributed by atoms with Crippen molar-refractivity contribution in [1.29, 1.82) is 0 Å². The second-order valence-corrected chi connectivity index (χ2v) is 5.84. The minimum atomic E-state index is -0.474. The maximum absolute atomic E-state index is 13.5. The van der Waals surface area contributed by atoms with Crippen LogP contribution >= 0.6 is 0 Å². The van der Waals surface area contributed by atoms with Crippen LogP contribution in [-0.2, 0) is 0 Å². The van der Waals surface area contributed by atoms with E-state index in [1.807, 2.05) is 11.8 Å². The van der Waals surface area contributed by atoms with Gasteiger partial charge in [0.25, 0.3) is 5.91 Å². The average Bonchev–Trinajstić information content (AvgIpc) is 2.48. The molecule has 1 aliphatic heterocycles. The number of anilines is 1. The van der Waals surface area contributed by atoms with Crippen LogP contribution in [0.25, 0.3) is 0 Å². The van der Waals surface area contributed by atoms with E-state index in [2.05, 4.69) is 24.1 Å². The Morgan fingerprint density at radius 3 is 3.00 bits per heavy atom. The molecule has 0 aliphatic carbocycles. The number of hydrogen-bond donors (Lipinski definition) is 1. The van der Waals surface area contributed by atoms with Gasteiger partial charge in [0.2, 0.25) is 0 Å². The molecule has 0 radical (unpaired) electrons. The molecule has 1 aliphatic rings. The van der Waals surface area contributed by atoms with Gasteiger partial charge in [-0.15, -0.1) is 0 Å². The van der Waals surface area contributed by atoms with E-state index in [1.165, 1.54) is 6.07 Å². The normalized spacial score (nSPS) is 22.2. The predicted molar refractivity (Wildman–Crippen MR) is 81.9 cm³/mol. The molecule has 1 N–H and O–H groups in total. The van der Waals surface area contributed by atoms with Crippen LogP contribution in [0.5, 0.6) is 0 Å². The molecule has 1 aromatic heterocycles. The quantitative estimate of drug-likeness (QED) is 0.926. The summed E-state index contributed by atoms with van der Waals surface area (Å²) in [5.74, 6) is 0.350. The Bertz CT molecular complexity index is 506. The number of carbonyl (C=O) groups excluding carboxylic acids is 1. The van der Waals surface area contributed by atoms with Gasteiger partial charge < -0.3 is 10.2 Å². The van der Waals surface area contributed by atoms with Gasteiger partial charge in [-0.2, -0.15) is 0 Å². The van der Waals surface area contributed by atoms with E-state index in [1.54, 1.807) is 0 Å². The molecule has 1 saturated heterocycles. The molecule has 21 heavy (non-hydrogen) atoms. The van der Waals surface area contributed by atoms with E-state index in [0.29, 0.717) is 23.8 Å². The summed E-state index contributed by atoms with van der Waals surface area (Å²) in [6, 6.07) is 1.47. The summed E-state index contributed by atoms with van der Waals surface area (Å²) >= 11 is 0. The van der Waals surface area contributed by atoms with Crippen LogP contribution < -0.4 is 5.32 Å². The van der Waals surface area contributed by atoms with E-state index in [-0.39, 0.29) is 11.9 Å². The molecule has 4 nitrogen and oxygen atoms in total. The highest BCUT2D eigenvalue weighted by atomic mass is 19.1. The first kappa shape index (κ1) is 15.7. The van der Waals surface area contributed by atoms with Crippen molar-refractivity contribution in [1.82, 2.24) is 9.88 Å². The number of piperidine rings is 1. The fourth-order valence-electron chi connectivity index (χ4n) is 2.76. The van der Waals surface area contributed by atoms with Gasteiger partial charge in [-0.3, -0.25) is 4.79 Å². The summed E-state index contributed by atoms with van der Waals surface area (Å²) in [6.45, 7) is 7.70. The summed E-state index contributed by atoms with van der Waals surface area (Å²) in [5.41, 5.74) is 0.337. The molecule has 0 bridgehead atoms. The molecule has 2 rings (SSSR count). The highest BCUT2D eigenvalue weighted by molar-refractivity contribution is 5.99. The van der Waals surface area contributed by atoms with Crippen molar-refractivity contribution in [3.05, 3.63) is 23.6 Å². The highest BCUT2D eigenvalue weighted by Crippen LogP contribution is 2.26. The largest absolute Gasteiger partial charge is 0.369 e. The topological polar surface area (TPSA) is 45.2 Å². The Morgan fingerprint density at radius 1 is 1.52 bits per heavy atom. The van der Waals surface area contributed by atoms with Gasteiger partial charge in [0.05, 0.1) is 11.8 Å². The fourth-order valence-corrected chi connectivity index (χ4v) is 2.76. The molecule has 116 valence electrons. The van der Waals surface area contributed by atoms with E-state index in [9.17, 15) is 9.18 Å². The van der Waals surface area contributed by atoms with Crippen LogP contribution in [-0.4, -0.2) is 34.9 Å².